The summed E-state index contributed by atoms with van der Waals surface area (Å²) in [6.07, 6.45) is 2.44. The Balaban J connectivity index is 2.65. The summed E-state index contributed by atoms with van der Waals surface area (Å²) in [6.45, 7) is 6.24. The molecule has 0 aromatic rings. The molecule has 0 aliphatic rings. The first-order valence-electron chi connectivity index (χ1n) is 4.07. The van der Waals surface area contributed by atoms with E-state index in [0.717, 1.165) is 19.0 Å². The first-order chi connectivity index (χ1) is 4.91. The molecule has 0 aromatic carbocycles. The summed E-state index contributed by atoms with van der Waals surface area (Å²) in [6, 6.07) is 0. The Morgan fingerprint density at radius 1 is 1.20 bits per heavy atom. The minimum Gasteiger partial charge on any atom is -0.381 e. The van der Waals surface area contributed by atoms with E-state index < -0.39 is 0 Å². The lowest BCUT2D eigenvalue weighted by molar-refractivity contribution is 0.147. The second-order valence-corrected chi connectivity index (χ2v) is 3.56. The zero-order chi connectivity index (χ0) is 7.66. The molecule has 10 heavy (non-hydrogen) atoms. The van der Waals surface area contributed by atoms with Crippen molar-refractivity contribution in [3.8, 4) is 0 Å². The van der Waals surface area contributed by atoms with Crippen molar-refractivity contribution in [1.82, 2.24) is 0 Å². The van der Waals surface area contributed by atoms with Crippen LogP contribution >= 0.6 is 11.8 Å². The van der Waals surface area contributed by atoms with Gasteiger partial charge in [0.2, 0.25) is 0 Å². The molecule has 0 atom stereocenters. The molecule has 62 valence electrons. The predicted molar refractivity (Wildman–Crippen MR) is 48.7 cm³/mol. The van der Waals surface area contributed by atoms with Gasteiger partial charge >= 0.3 is 0 Å². The molecule has 0 radical (unpaired) electrons. The van der Waals surface area contributed by atoms with Gasteiger partial charge in [0.1, 0.15) is 0 Å². The molecule has 1 nitrogen and oxygen atoms in total. The van der Waals surface area contributed by atoms with Gasteiger partial charge in [-0.3, -0.25) is 0 Å². The molecule has 0 aliphatic carbocycles. The molecule has 0 amide bonds. The Kier molecular flexibility index (Phi) is 9.60. The fraction of sp³-hybridized carbons (Fsp3) is 1.00. The van der Waals surface area contributed by atoms with E-state index in [1.807, 2.05) is 11.8 Å². The number of hydrogen-bond donors (Lipinski definition) is 0. The molecule has 0 saturated heterocycles. The third-order valence-electron chi connectivity index (χ3n) is 1.22. The Morgan fingerprint density at radius 2 is 2.00 bits per heavy atom. The molecule has 0 aromatic heterocycles. The lowest BCUT2D eigenvalue weighted by Crippen LogP contribution is -1.98. The van der Waals surface area contributed by atoms with Crippen molar-refractivity contribution in [1.29, 1.82) is 0 Å². The van der Waals surface area contributed by atoms with Gasteiger partial charge in [-0.05, 0) is 12.2 Å². The van der Waals surface area contributed by atoms with Gasteiger partial charge in [-0.25, -0.2) is 0 Å². The van der Waals surface area contributed by atoms with Gasteiger partial charge in [-0.1, -0.05) is 20.3 Å². The van der Waals surface area contributed by atoms with E-state index in [9.17, 15) is 0 Å². The number of unbranched alkanes of at least 4 members (excludes halogenated alkanes) is 1. The quantitative estimate of drug-likeness (QED) is 0.532. The maximum atomic E-state index is 5.36. The largest absolute Gasteiger partial charge is 0.381 e. The van der Waals surface area contributed by atoms with Crippen molar-refractivity contribution >= 4 is 11.8 Å². The fourth-order valence-corrected chi connectivity index (χ4v) is 1.14. The first-order valence-corrected chi connectivity index (χ1v) is 5.22. The molecule has 2 heteroatoms. The van der Waals surface area contributed by atoms with E-state index in [-0.39, 0.29) is 0 Å². The van der Waals surface area contributed by atoms with Crippen LogP contribution < -0.4 is 0 Å². The molecule has 0 saturated carbocycles. The summed E-state index contributed by atoms with van der Waals surface area (Å²) in [5, 5.41) is 0. The fourth-order valence-electron chi connectivity index (χ4n) is 0.611. The van der Waals surface area contributed by atoms with Crippen molar-refractivity contribution in [3.05, 3.63) is 0 Å². The SMILES string of the molecule is CCCCOCCSCC. The number of ether oxygens (including phenoxy) is 1. The summed E-state index contributed by atoms with van der Waals surface area (Å²) in [7, 11) is 0. The lowest BCUT2D eigenvalue weighted by Gasteiger charge is -2.00. The highest BCUT2D eigenvalue weighted by molar-refractivity contribution is 7.99. The molecule has 0 heterocycles. The van der Waals surface area contributed by atoms with E-state index in [1.54, 1.807) is 0 Å². The molecular formula is C8H18OS. The molecule has 0 rings (SSSR count). The maximum absolute atomic E-state index is 5.36. The van der Waals surface area contributed by atoms with Gasteiger partial charge in [0.25, 0.3) is 0 Å². The van der Waals surface area contributed by atoms with E-state index in [0.29, 0.717) is 0 Å². The number of hydrogen-bond acceptors (Lipinski definition) is 2. The summed E-state index contributed by atoms with van der Waals surface area (Å²) >= 11 is 1.94. The highest BCUT2D eigenvalue weighted by Gasteiger charge is 1.86. The average molecular weight is 162 g/mol. The van der Waals surface area contributed by atoms with Gasteiger partial charge < -0.3 is 4.74 Å². The minimum atomic E-state index is 0.929. The van der Waals surface area contributed by atoms with Crippen LogP contribution in [0.15, 0.2) is 0 Å². The second-order valence-electron chi connectivity index (χ2n) is 2.16. The Morgan fingerprint density at radius 3 is 2.60 bits per heavy atom. The summed E-state index contributed by atoms with van der Waals surface area (Å²) < 4.78 is 5.36. The van der Waals surface area contributed by atoms with Crippen molar-refractivity contribution < 1.29 is 4.74 Å². The summed E-state index contributed by atoms with van der Waals surface area (Å²) in [5.41, 5.74) is 0. The smallest absolute Gasteiger partial charge is 0.0556 e. The third-order valence-corrected chi connectivity index (χ3v) is 2.08. The lowest BCUT2D eigenvalue weighted by atomic mass is 10.4. The van der Waals surface area contributed by atoms with Gasteiger partial charge in [-0.15, -0.1) is 0 Å². The third kappa shape index (κ3) is 8.31. The number of thioether (sulfide) groups is 1. The van der Waals surface area contributed by atoms with Crippen LogP contribution in [0.1, 0.15) is 26.7 Å². The topological polar surface area (TPSA) is 9.23 Å². The second kappa shape index (κ2) is 9.31. The van der Waals surface area contributed by atoms with Crippen LogP contribution in [0.4, 0.5) is 0 Å². The van der Waals surface area contributed by atoms with Crippen LogP contribution in [0, 0.1) is 0 Å². The highest BCUT2D eigenvalue weighted by atomic mass is 32.2. The van der Waals surface area contributed by atoms with Gasteiger partial charge in [0.15, 0.2) is 0 Å². The van der Waals surface area contributed by atoms with Crippen molar-refractivity contribution in [2.75, 3.05) is 24.7 Å². The van der Waals surface area contributed by atoms with E-state index >= 15 is 0 Å². The van der Waals surface area contributed by atoms with E-state index in [1.165, 1.54) is 18.6 Å². The Hall–Kier alpha value is 0.310. The van der Waals surface area contributed by atoms with Crippen molar-refractivity contribution in [2.24, 2.45) is 0 Å². The minimum absolute atomic E-state index is 0.929. The monoisotopic (exact) mass is 162 g/mol. The van der Waals surface area contributed by atoms with Crippen LogP contribution in [0.25, 0.3) is 0 Å². The molecule has 0 bridgehead atoms. The standard InChI is InChI=1S/C8H18OS/c1-3-5-6-9-7-8-10-4-2/h3-8H2,1-2H3. The van der Waals surface area contributed by atoms with Crippen LogP contribution in [-0.2, 0) is 4.74 Å². The van der Waals surface area contributed by atoms with Crippen LogP contribution in [0.5, 0.6) is 0 Å². The molecular weight excluding hydrogens is 144 g/mol. The summed E-state index contributed by atoms with van der Waals surface area (Å²) in [5.74, 6) is 2.36. The van der Waals surface area contributed by atoms with Crippen LogP contribution in [0.2, 0.25) is 0 Å². The van der Waals surface area contributed by atoms with E-state index in [4.69, 9.17) is 4.74 Å². The molecule has 0 fully saturated rings. The first kappa shape index (κ1) is 10.3. The predicted octanol–water partition coefficient (Wildman–Crippen LogP) is 2.56. The summed E-state index contributed by atoms with van der Waals surface area (Å²) in [4.78, 5) is 0. The molecule has 0 aliphatic heterocycles. The molecule has 0 unspecified atom stereocenters. The van der Waals surface area contributed by atoms with Gasteiger partial charge in [0.05, 0.1) is 6.61 Å². The van der Waals surface area contributed by atoms with Crippen molar-refractivity contribution in [3.63, 3.8) is 0 Å². The van der Waals surface area contributed by atoms with Crippen molar-refractivity contribution in [2.45, 2.75) is 26.7 Å². The normalized spacial score (nSPS) is 10.2. The van der Waals surface area contributed by atoms with Crippen LogP contribution in [-0.4, -0.2) is 24.7 Å². The zero-order valence-corrected chi connectivity index (χ0v) is 7.88. The Bertz CT molecular complexity index is 49.2. The average Bonchev–Trinajstić information content (AvgIpc) is 1.97. The maximum Gasteiger partial charge on any atom is 0.0556 e. The molecule has 0 spiro atoms. The zero-order valence-electron chi connectivity index (χ0n) is 7.06. The van der Waals surface area contributed by atoms with E-state index in [2.05, 4.69) is 13.8 Å². The van der Waals surface area contributed by atoms with Gasteiger partial charge in [-0.2, -0.15) is 11.8 Å². The highest BCUT2D eigenvalue weighted by Crippen LogP contribution is 1.97. The Labute approximate surface area is 68.5 Å². The van der Waals surface area contributed by atoms with Gasteiger partial charge in [0, 0.05) is 12.4 Å². The molecule has 0 N–H and O–H groups in total. The number of rotatable bonds is 7. The van der Waals surface area contributed by atoms with Crippen LogP contribution in [0.3, 0.4) is 0 Å².